The fourth-order valence-electron chi connectivity index (χ4n) is 3.47. The zero-order valence-corrected chi connectivity index (χ0v) is 17.4. The molecule has 6 nitrogen and oxygen atoms in total. The van der Waals surface area contributed by atoms with Crippen LogP contribution in [0.1, 0.15) is 47.3 Å². The quantitative estimate of drug-likeness (QED) is 0.809. The first-order valence-corrected chi connectivity index (χ1v) is 10.0. The molecule has 0 aliphatic carbocycles. The number of hydrogen-bond donors (Lipinski definition) is 1. The Morgan fingerprint density at radius 1 is 1.14 bits per heavy atom. The van der Waals surface area contributed by atoms with Gasteiger partial charge in [0.15, 0.2) is 0 Å². The summed E-state index contributed by atoms with van der Waals surface area (Å²) >= 11 is 0. The molecule has 1 aliphatic heterocycles. The van der Waals surface area contributed by atoms with Crippen LogP contribution < -0.4 is 10.1 Å². The van der Waals surface area contributed by atoms with Gasteiger partial charge in [0.1, 0.15) is 5.75 Å². The van der Waals surface area contributed by atoms with Crippen LogP contribution in [0.25, 0.3) is 0 Å². The maximum Gasteiger partial charge on any atom is 0.317 e. The highest BCUT2D eigenvalue weighted by atomic mass is 16.5. The Morgan fingerprint density at radius 3 is 2.48 bits per heavy atom. The van der Waals surface area contributed by atoms with Gasteiger partial charge in [-0.05, 0) is 55.2 Å². The molecule has 154 valence electrons. The number of carbonyl (C=O) groups excluding carboxylic acids is 2. The molecule has 1 saturated heterocycles. The Labute approximate surface area is 172 Å². The van der Waals surface area contributed by atoms with E-state index in [1.54, 1.807) is 19.1 Å². The molecule has 3 rings (SSSR count). The molecule has 0 spiro atoms. The second-order valence-corrected chi connectivity index (χ2v) is 7.42. The molecule has 0 bridgehead atoms. The van der Waals surface area contributed by atoms with Crippen molar-refractivity contribution in [3.05, 3.63) is 65.2 Å². The van der Waals surface area contributed by atoms with Crippen molar-refractivity contribution >= 4 is 11.9 Å². The molecule has 29 heavy (non-hydrogen) atoms. The molecule has 0 saturated carbocycles. The summed E-state index contributed by atoms with van der Waals surface area (Å²) in [4.78, 5) is 28.5. The number of likely N-dealkylation sites (tertiary alicyclic amines) is 1. The lowest BCUT2D eigenvalue weighted by Gasteiger charge is -2.26. The van der Waals surface area contributed by atoms with Crippen LogP contribution in [0.2, 0.25) is 0 Å². The van der Waals surface area contributed by atoms with Crippen LogP contribution in [-0.4, -0.2) is 49.0 Å². The van der Waals surface area contributed by atoms with Gasteiger partial charge in [0.25, 0.3) is 5.91 Å². The van der Waals surface area contributed by atoms with E-state index in [9.17, 15) is 9.59 Å². The summed E-state index contributed by atoms with van der Waals surface area (Å²) in [5.41, 5.74) is 2.66. The lowest BCUT2D eigenvalue weighted by Crippen LogP contribution is -2.38. The van der Waals surface area contributed by atoms with Crippen molar-refractivity contribution in [1.29, 1.82) is 0 Å². The van der Waals surface area contributed by atoms with Crippen LogP contribution in [0, 0.1) is 0 Å². The molecule has 6 heteroatoms. The summed E-state index contributed by atoms with van der Waals surface area (Å²) in [5, 5.41) is 2.94. The number of rotatable bonds is 6. The highest BCUT2D eigenvalue weighted by Gasteiger charge is 2.20. The number of nitrogens with one attached hydrogen (secondary N) is 1. The minimum Gasteiger partial charge on any atom is -0.497 e. The van der Waals surface area contributed by atoms with Crippen molar-refractivity contribution in [1.82, 2.24) is 15.1 Å². The third-order valence-electron chi connectivity index (χ3n) is 5.52. The second-order valence-electron chi connectivity index (χ2n) is 7.42. The van der Waals surface area contributed by atoms with Gasteiger partial charge in [-0.3, -0.25) is 4.79 Å². The van der Waals surface area contributed by atoms with E-state index in [1.165, 1.54) is 0 Å². The third kappa shape index (κ3) is 5.08. The van der Waals surface area contributed by atoms with Gasteiger partial charge in [-0.25, -0.2) is 4.79 Å². The summed E-state index contributed by atoms with van der Waals surface area (Å²) < 4.78 is 5.26. The van der Waals surface area contributed by atoms with Crippen molar-refractivity contribution in [2.45, 2.75) is 32.4 Å². The number of hydrogen-bond acceptors (Lipinski definition) is 3. The number of methoxy groups -OCH3 is 1. The van der Waals surface area contributed by atoms with Gasteiger partial charge >= 0.3 is 6.03 Å². The molecule has 1 atom stereocenters. The Hall–Kier alpha value is -3.02. The molecule has 1 fully saturated rings. The minimum absolute atomic E-state index is 0.0879. The van der Waals surface area contributed by atoms with Crippen LogP contribution in [0.4, 0.5) is 4.79 Å². The molecule has 1 aliphatic rings. The van der Waals surface area contributed by atoms with E-state index >= 15 is 0 Å². The predicted octanol–water partition coefficient (Wildman–Crippen LogP) is 3.83. The lowest BCUT2D eigenvalue weighted by atomic mass is 10.1. The monoisotopic (exact) mass is 395 g/mol. The van der Waals surface area contributed by atoms with E-state index in [2.05, 4.69) is 5.32 Å². The van der Waals surface area contributed by atoms with Gasteiger partial charge in [-0.1, -0.05) is 24.3 Å². The summed E-state index contributed by atoms with van der Waals surface area (Å²) in [7, 11) is 3.40. The topological polar surface area (TPSA) is 61.9 Å². The maximum absolute atomic E-state index is 12.6. The molecule has 0 aromatic heterocycles. The number of ether oxygens (including phenoxy) is 1. The Bertz CT molecular complexity index is 845. The molecule has 0 radical (unpaired) electrons. The first kappa shape index (κ1) is 20.7. The minimum atomic E-state index is -0.155. The summed E-state index contributed by atoms with van der Waals surface area (Å²) in [6.07, 6.45) is 2.16. The smallest absolute Gasteiger partial charge is 0.317 e. The van der Waals surface area contributed by atoms with Crippen LogP contribution >= 0.6 is 0 Å². The Kier molecular flexibility index (Phi) is 6.75. The maximum atomic E-state index is 12.6. The van der Waals surface area contributed by atoms with E-state index in [1.807, 2.05) is 60.4 Å². The molecule has 1 heterocycles. The fraction of sp³-hybridized carbons (Fsp3) is 0.391. The average Bonchev–Trinajstić information content (AvgIpc) is 3.31. The first-order valence-electron chi connectivity index (χ1n) is 10.0. The SMILES string of the molecule is COc1cccc([C@@H](C)N(C)C(=O)NCc2ccc(C(=O)N3CCCC3)cc2)c1. The Morgan fingerprint density at radius 2 is 1.83 bits per heavy atom. The van der Waals surface area contributed by atoms with Crippen molar-refractivity contribution in [2.24, 2.45) is 0 Å². The molecule has 2 aromatic carbocycles. The third-order valence-corrected chi connectivity index (χ3v) is 5.52. The van der Waals surface area contributed by atoms with Crippen molar-refractivity contribution in [3.8, 4) is 5.75 Å². The number of amides is 3. The van der Waals surface area contributed by atoms with Gasteiger partial charge in [0.05, 0.1) is 13.2 Å². The van der Waals surface area contributed by atoms with Gasteiger partial charge < -0.3 is 19.9 Å². The highest BCUT2D eigenvalue weighted by molar-refractivity contribution is 5.94. The molecule has 0 unspecified atom stereocenters. The van der Waals surface area contributed by atoms with Crippen molar-refractivity contribution in [3.63, 3.8) is 0 Å². The first-order chi connectivity index (χ1) is 14.0. The van der Waals surface area contributed by atoms with E-state index < -0.39 is 0 Å². The van der Waals surface area contributed by atoms with Gasteiger partial charge in [-0.15, -0.1) is 0 Å². The molecular formula is C23H29N3O3. The predicted molar refractivity (Wildman–Crippen MR) is 113 cm³/mol. The summed E-state index contributed by atoms with van der Waals surface area (Å²) in [6, 6.07) is 14.9. The zero-order valence-electron chi connectivity index (χ0n) is 17.4. The standard InChI is InChI=1S/C23H29N3O3/c1-17(20-7-6-8-21(15-20)29-3)25(2)23(28)24-16-18-9-11-19(12-10-18)22(27)26-13-4-5-14-26/h6-12,15,17H,4-5,13-14,16H2,1-3H3,(H,24,28)/t17-/m1/s1. The van der Waals surface area contributed by atoms with Crippen LogP contribution in [0.15, 0.2) is 48.5 Å². The normalized spacial score (nSPS) is 14.4. The summed E-state index contributed by atoms with van der Waals surface area (Å²) in [5.74, 6) is 0.858. The van der Waals surface area contributed by atoms with Crippen LogP contribution in [-0.2, 0) is 6.54 Å². The van der Waals surface area contributed by atoms with E-state index in [-0.39, 0.29) is 18.0 Å². The van der Waals surface area contributed by atoms with Crippen molar-refractivity contribution < 1.29 is 14.3 Å². The number of urea groups is 1. The summed E-state index contributed by atoms with van der Waals surface area (Å²) in [6.45, 7) is 4.07. The number of benzene rings is 2. The fourth-order valence-corrected chi connectivity index (χ4v) is 3.47. The average molecular weight is 396 g/mol. The molecule has 2 aromatic rings. The van der Waals surface area contributed by atoms with E-state index in [4.69, 9.17) is 4.74 Å². The zero-order chi connectivity index (χ0) is 20.8. The van der Waals surface area contributed by atoms with Crippen LogP contribution in [0.5, 0.6) is 5.75 Å². The molecular weight excluding hydrogens is 366 g/mol. The largest absolute Gasteiger partial charge is 0.497 e. The Balaban J connectivity index is 1.54. The van der Waals surface area contributed by atoms with Gasteiger partial charge in [0, 0.05) is 32.2 Å². The highest BCUT2D eigenvalue weighted by Crippen LogP contribution is 2.23. The van der Waals surface area contributed by atoms with E-state index in [0.29, 0.717) is 12.1 Å². The van der Waals surface area contributed by atoms with Gasteiger partial charge in [0.2, 0.25) is 0 Å². The lowest BCUT2D eigenvalue weighted by molar-refractivity contribution is 0.0792. The number of nitrogens with zero attached hydrogens (tertiary/aromatic N) is 2. The molecule has 1 N–H and O–H groups in total. The number of carbonyl (C=O) groups is 2. The molecule has 3 amide bonds. The van der Waals surface area contributed by atoms with E-state index in [0.717, 1.165) is 42.8 Å². The second kappa shape index (κ2) is 9.45. The van der Waals surface area contributed by atoms with Gasteiger partial charge in [-0.2, -0.15) is 0 Å². The van der Waals surface area contributed by atoms with Crippen molar-refractivity contribution in [2.75, 3.05) is 27.2 Å². The van der Waals surface area contributed by atoms with Crippen LogP contribution in [0.3, 0.4) is 0 Å².